The lowest BCUT2D eigenvalue weighted by Crippen LogP contribution is -2.15. The highest BCUT2D eigenvalue weighted by Crippen LogP contribution is 2.45. The molecule has 0 aromatic carbocycles. The molecular weight excluding hydrogens is 232 g/mol. The average Bonchev–Trinajstić information content (AvgIpc) is 2.94. The number of thiazole rings is 1. The van der Waals surface area contributed by atoms with E-state index in [0.29, 0.717) is 5.92 Å². The minimum Gasteiger partial charge on any atom is -0.385 e. The SMILES string of the molecule is CN(C)CCc1nc(C2CC2)c(C(C)(C)O)s1. The van der Waals surface area contributed by atoms with Crippen LogP contribution in [0.3, 0.4) is 0 Å². The minimum absolute atomic E-state index is 0.612. The number of rotatable bonds is 5. The smallest absolute Gasteiger partial charge is 0.0951 e. The Morgan fingerprint density at radius 3 is 2.53 bits per heavy atom. The van der Waals surface area contributed by atoms with Gasteiger partial charge in [0, 0.05) is 18.9 Å². The van der Waals surface area contributed by atoms with Gasteiger partial charge >= 0.3 is 0 Å². The van der Waals surface area contributed by atoms with Crippen LogP contribution in [0.15, 0.2) is 0 Å². The van der Waals surface area contributed by atoms with E-state index in [2.05, 4.69) is 19.0 Å². The molecule has 1 saturated carbocycles. The van der Waals surface area contributed by atoms with E-state index < -0.39 is 5.60 Å². The molecule has 0 saturated heterocycles. The van der Waals surface area contributed by atoms with Crippen LogP contribution < -0.4 is 0 Å². The molecule has 1 aliphatic carbocycles. The maximum absolute atomic E-state index is 10.2. The molecule has 3 nitrogen and oxygen atoms in total. The Morgan fingerprint density at radius 2 is 2.06 bits per heavy atom. The summed E-state index contributed by atoms with van der Waals surface area (Å²) in [6, 6.07) is 0. The summed E-state index contributed by atoms with van der Waals surface area (Å²) in [5.74, 6) is 0.612. The Balaban J connectivity index is 2.19. The zero-order valence-electron chi connectivity index (χ0n) is 11.2. The van der Waals surface area contributed by atoms with Crippen molar-refractivity contribution in [2.75, 3.05) is 20.6 Å². The van der Waals surface area contributed by atoms with Gasteiger partial charge in [0.1, 0.15) is 0 Å². The Hall–Kier alpha value is -0.450. The molecule has 4 heteroatoms. The van der Waals surface area contributed by atoms with Crippen LogP contribution in [0.4, 0.5) is 0 Å². The van der Waals surface area contributed by atoms with Gasteiger partial charge in [-0.15, -0.1) is 11.3 Å². The van der Waals surface area contributed by atoms with Gasteiger partial charge in [-0.25, -0.2) is 4.98 Å². The highest BCUT2D eigenvalue weighted by Gasteiger charge is 2.34. The second-order valence-corrected chi connectivity index (χ2v) is 6.79. The van der Waals surface area contributed by atoms with Crippen molar-refractivity contribution < 1.29 is 5.11 Å². The van der Waals surface area contributed by atoms with E-state index in [4.69, 9.17) is 4.98 Å². The molecule has 0 aliphatic heterocycles. The van der Waals surface area contributed by atoms with Gasteiger partial charge in [-0.05, 0) is 40.8 Å². The van der Waals surface area contributed by atoms with Crippen molar-refractivity contribution >= 4 is 11.3 Å². The van der Waals surface area contributed by atoms with Crippen molar-refractivity contribution in [3.05, 3.63) is 15.6 Å². The first-order valence-corrected chi connectivity index (χ1v) is 7.06. The molecule has 2 rings (SSSR count). The third-order valence-corrected chi connectivity index (χ3v) is 4.43. The monoisotopic (exact) mass is 254 g/mol. The molecule has 0 atom stereocenters. The second-order valence-electron chi connectivity index (χ2n) is 5.71. The maximum atomic E-state index is 10.2. The van der Waals surface area contributed by atoms with Gasteiger partial charge < -0.3 is 10.0 Å². The van der Waals surface area contributed by atoms with Crippen molar-refractivity contribution in [1.29, 1.82) is 0 Å². The van der Waals surface area contributed by atoms with E-state index in [1.165, 1.54) is 12.8 Å². The molecule has 0 spiro atoms. The molecule has 0 radical (unpaired) electrons. The fraction of sp³-hybridized carbons (Fsp3) is 0.769. The molecule has 1 heterocycles. The summed E-state index contributed by atoms with van der Waals surface area (Å²) >= 11 is 1.69. The maximum Gasteiger partial charge on any atom is 0.0951 e. The van der Waals surface area contributed by atoms with Crippen molar-refractivity contribution in [3.63, 3.8) is 0 Å². The normalized spacial score (nSPS) is 16.8. The Morgan fingerprint density at radius 1 is 1.41 bits per heavy atom. The number of aliphatic hydroxyl groups is 1. The summed E-state index contributed by atoms with van der Waals surface area (Å²) in [4.78, 5) is 7.99. The summed E-state index contributed by atoms with van der Waals surface area (Å²) in [5.41, 5.74) is 0.419. The Bertz CT molecular complexity index is 389. The molecule has 1 aromatic rings. The lowest BCUT2D eigenvalue weighted by Gasteiger charge is -2.16. The first kappa shape index (κ1) is 13.0. The molecule has 0 bridgehead atoms. The molecule has 1 N–H and O–H groups in total. The number of nitrogens with zero attached hydrogens (tertiary/aromatic N) is 2. The van der Waals surface area contributed by atoms with Crippen molar-refractivity contribution in [3.8, 4) is 0 Å². The van der Waals surface area contributed by atoms with Gasteiger partial charge in [0.05, 0.1) is 21.2 Å². The zero-order valence-corrected chi connectivity index (χ0v) is 12.0. The summed E-state index contributed by atoms with van der Waals surface area (Å²) in [6.45, 7) is 4.74. The second kappa shape index (κ2) is 4.67. The Kier molecular flexibility index (Phi) is 3.57. The Labute approximate surface area is 107 Å². The van der Waals surface area contributed by atoms with Crippen LogP contribution in [0.25, 0.3) is 0 Å². The third-order valence-electron chi connectivity index (χ3n) is 2.99. The number of hydrogen-bond donors (Lipinski definition) is 1. The fourth-order valence-electron chi connectivity index (χ4n) is 1.88. The molecule has 96 valence electrons. The molecule has 1 fully saturated rings. The number of hydrogen-bond acceptors (Lipinski definition) is 4. The number of likely N-dealkylation sites (N-methyl/N-ethyl adjacent to an activating group) is 1. The summed E-state index contributed by atoms with van der Waals surface area (Å²) in [6.07, 6.45) is 3.45. The van der Waals surface area contributed by atoms with Crippen LogP contribution >= 0.6 is 11.3 Å². The zero-order chi connectivity index (χ0) is 12.6. The number of aromatic nitrogens is 1. The highest BCUT2D eigenvalue weighted by molar-refractivity contribution is 7.11. The molecule has 1 aromatic heterocycles. The van der Waals surface area contributed by atoms with Crippen LogP contribution in [-0.4, -0.2) is 35.6 Å². The molecular formula is C13H22N2OS. The molecule has 0 amide bonds. The van der Waals surface area contributed by atoms with Gasteiger partial charge in [0.2, 0.25) is 0 Å². The van der Waals surface area contributed by atoms with Crippen LogP contribution in [0, 0.1) is 0 Å². The summed E-state index contributed by atoms with van der Waals surface area (Å²) < 4.78 is 0. The van der Waals surface area contributed by atoms with Gasteiger partial charge in [0.15, 0.2) is 0 Å². The molecule has 0 unspecified atom stereocenters. The highest BCUT2D eigenvalue weighted by atomic mass is 32.1. The lowest BCUT2D eigenvalue weighted by atomic mass is 10.0. The third kappa shape index (κ3) is 3.27. The van der Waals surface area contributed by atoms with E-state index in [9.17, 15) is 5.11 Å². The minimum atomic E-state index is -0.744. The van der Waals surface area contributed by atoms with Gasteiger partial charge in [0.25, 0.3) is 0 Å². The van der Waals surface area contributed by atoms with Crippen molar-refractivity contribution in [1.82, 2.24) is 9.88 Å². The first-order valence-electron chi connectivity index (χ1n) is 6.25. The van der Waals surface area contributed by atoms with E-state index in [0.717, 1.165) is 28.5 Å². The van der Waals surface area contributed by atoms with Crippen molar-refractivity contribution in [2.24, 2.45) is 0 Å². The predicted octanol–water partition coefficient (Wildman–Crippen LogP) is 2.35. The van der Waals surface area contributed by atoms with E-state index in [1.807, 2.05) is 13.8 Å². The first-order chi connectivity index (χ1) is 7.88. The molecule has 17 heavy (non-hydrogen) atoms. The molecule has 1 aliphatic rings. The van der Waals surface area contributed by atoms with Crippen LogP contribution in [0.2, 0.25) is 0 Å². The van der Waals surface area contributed by atoms with Crippen LogP contribution in [0.1, 0.15) is 48.2 Å². The fourth-order valence-corrected chi connectivity index (χ4v) is 3.02. The van der Waals surface area contributed by atoms with Crippen molar-refractivity contribution in [2.45, 2.75) is 44.6 Å². The lowest BCUT2D eigenvalue weighted by molar-refractivity contribution is 0.0813. The van der Waals surface area contributed by atoms with E-state index in [-0.39, 0.29) is 0 Å². The van der Waals surface area contributed by atoms with Gasteiger partial charge in [-0.3, -0.25) is 0 Å². The average molecular weight is 254 g/mol. The standard InChI is InChI=1S/C13H22N2OS/c1-13(2,16)12-11(9-5-6-9)14-10(17-12)7-8-15(3)4/h9,16H,5-8H2,1-4H3. The largest absolute Gasteiger partial charge is 0.385 e. The van der Waals surface area contributed by atoms with Crippen LogP contribution in [0.5, 0.6) is 0 Å². The topological polar surface area (TPSA) is 36.4 Å². The summed E-state index contributed by atoms with van der Waals surface area (Å²) in [7, 11) is 4.15. The van der Waals surface area contributed by atoms with Crippen LogP contribution in [-0.2, 0) is 12.0 Å². The summed E-state index contributed by atoms with van der Waals surface area (Å²) in [5, 5.41) is 11.4. The quantitative estimate of drug-likeness (QED) is 0.876. The van der Waals surface area contributed by atoms with E-state index in [1.54, 1.807) is 11.3 Å². The predicted molar refractivity (Wildman–Crippen MR) is 71.6 cm³/mol. The van der Waals surface area contributed by atoms with Gasteiger partial charge in [-0.1, -0.05) is 0 Å². The van der Waals surface area contributed by atoms with E-state index >= 15 is 0 Å². The van der Waals surface area contributed by atoms with Gasteiger partial charge in [-0.2, -0.15) is 0 Å².